The molecule has 1 saturated carbocycles. The van der Waals surface area contributed by atoms with Gasteiger partial charge >= 0.3 is 5.97 Å². The van der Waals surface area contributed by atoms with Gasteiger partial charge in [-0.2, -0.15) is 0 Å². The monoisotopic (exact) mass is 281 g/mol. The molecule has 1 aromatic rings. The van der Waals surface area contributed by atoms with Crippen LogP contribution in [0.25, 0.3) is 0 Å². The Labute approximate surface area is 117 Å². The number of halogens is 1. The normalized spacial score (nSPS) is 25.8. The Bertz CT molecular complexity index is 506. The molecule has 2 atom stereocenters. The molecule has 0 amide bonds. The van der Waals surface area contributed by atoms with E-state index >= 15 is 0 Å². The van der Waals surface area contributed by atoms with Crippen molar-refractivity contribution in [1.29, 1.82) is 0 Å². The molecule has 5 heteroatoms. The Morgan fingerprint density at radius 3 is 2.90 bits per heavy atom. The third kappa shape index (κ3) is 3.48. The number of nitrogens with one attached hydrogen (secondary N) is 1. The molecule has 110 valence electrons. The van der Waals surface area contributed by atoms with E-state index in [9.17, 15) is 14.3 Å². The molecular formula is C15H20FNO3. The highest BCUT2D eigenvalue weighted by atomic mass is 19.1. The minimum Gasteiger partial charge on any atom is -0.508 e. The summed E-state index contributed by atoms with van der Waals surface area (Å²) in [6.45, 7) is 2.41. The van der Waals surface area contributed by atoms with Crippen LogP contribution in [-0.2, 0) is 11.3 Å². The summed E-state index contributed by atoms with van der Waals surface area (Å²) in [4.78, 5) is 10.8. The van der Waals surface area contributed by atoms with E-state index in [0.717, 1.165) is 11.1 Å². The van der Waals surface area contributed by atoms with Crippen LogP contribution < -0.4 is 5.32 Å². The van der Waals surface area contributed by atoms with Crippen LogP contribution in [0.1, 0.15) is 30.4 Å². The van der Waals surface area contributed by atoms with E-state index in [2.05, 4.69) is 5.32 Å². The van der Waals surface area contributed by atoms with E-state index in [-0.39, 0.29) is 25.1 Å². The number of hydrogen-bond acceptors (Lipinski definition) is 3. The average Bonchev–Trinajstić information content (AvgIpc) is 2.77. The van der Waals surface area contributed by atoms with Gasteiger partial charge in [-0.1, -0.05) is 12.1 Å². The third-order valence-corrected chi connectivity index (χ3v) is 3.95. The van der Waals surface area contributed by atoms with Gasteiger partial charge in [-0.15, -0.1) is 0 Å². The van der Waals surface area contributed by atoms with Gasteiger partial charge in [-0.05, 0) is 43.4 Å². The number of aromatic hydroxyl groups is 1. The summed E-state index contributed by atoms with van der Waals surface area (Å²) in [5.74, 6) is -1.25. The first-order valence-corrected chi connectivity index (χ1v) is 6.80. The van der Waals surface area contributed by atoms with Gasteiger partial charge in [0.25, 0.3) is 0 Å². The van der Waals surface area contributed by atoms with Gasteiger partial charge in [-0.3, -0.25) is 4.79 Å². The maximum Gasteiger partial charge on any atom is 0.306 e. The quantitative estimate of drug-likeness (QED) is 0.775. The van der Waals surface area contributed by atoms with Crippen molar-refractivity contribution in [2.75, 3.05) is 6.54 Å². The lowest BCUT2D eigenvalue weighted by Gasteiger charge is -2.20. The van der Waals surface area contributed by atoms with Gasteiger partial charge < -0.3 is 15.5 Å². The number of phenols is 1. The van der Waals surface area contributed by atoms with Crippen molar-refractivity contribution in [3.63, 3.8) is 0 Å². The summed E-state index contributed by atoms with van der Waals surface area (Å²) >= 11 is 0. The molecule has 3 N–H and O–H groups in total. The fourth-order valence-electron chi connectivity index (χ4n) is 2.65. The Morgan fingerprint density at radius 1 is 1.55 bits per heavy atom. The zero-order valence-corrected chi connectivity index (χ0v) is 11.5. The molecule has 1 fully saturated rings. The number of carboxylic acids is 1. The highest BCUT2D eigenvalue weighted by Gasteiger charge is 2.41. The van der Waals surface area contributed by atoms with Crippen molar-refractivity contribution >= 4 is 5.97 Å². The molecular weight excluding hydrogens is 261 g/mol. The largest absolute Gasteiger partial charge is 0.508 e. The number of carbonyl (C=O) groups is 1. The van der Waals surface area contributed by atoms with Crippen LogP contribution in [0.4, 0.5) is 4.39 Å². The number of rotatable bonds is 5. The van der Waals surface area contributed by atoms with Gasteiger partial charge in [0, 0.05) is 13.1 Å². The molecule has 0 saturated heterocycles. The zero-order chi connectivity index (χ0) is 14.8. The van der Waals surface area contributed by atoms with Crippen LogP contribution >= 0.6 is 0 Å². The topological polar surface area (TPSA) is 69.6 Å². The van der Waals surface area contributed by atoms with Crippen molar-refractivity contribution in [2.24, 2.45) is 5.92 Å². The fraction of sp³-hybridized carbons (Fsp3) is 0.533. The number of aryl methyl sites for hydroxylation is 1. The Morgan fingerprint density at radius 2 is 2.30 bits per heavy atom. The molecule has 1 aliphatic carbocycles. The fourth-order valence-corrected chi connectivity index (χ4v) is 2.65. The van der Waals surface area contributed by atoms with E-state index in [4.69, 9.17) is 5.11 Å². The maximum absolute atomic E-state index is 14.4. The lowest BCUT2D eigenvalue weighted by Crippen LogP contribution is -2.34. The van der Waals surface area contributed by atoms with E-state index in [1.807, 2.05) is 19.1 Å². The molecule has 0 aromatic heterocycles. The van der Waals surface area contributed by atoms with Crippen molar-refractivity contribution in [3.05, 3.63) is 29.3 Å². The predicted octanol–water partition coefficient (Wildman–Crippen LogP) is 2.38. The van der Waals surface area contributed by atoms with E-state index in [0.29, 0.717) is 13.0 Å². The summed E-state index contributed by atoms with van der Waals surface area (Å²) in [5.41, 5.74) is 0.246. The summed E-state index contributed by atoms with van der Waals surface area (Å²) < 4.78 is 14.4. The lowest BCUT2D eigenvalue weighted by molar-refractivity contribution is -0.141. The van der Waals surface area contributed by atoms with Crippen molar-refractivity contribution in [1.82, 2.24) is 5.32 Å². The van der Waals surface area contributed by atoms with Crippen LogP contribution in [0.5, 0.6) is 5.75 Å². The molecule has 0 spiro atoms. The number of hydrogen-bond donors (Lipinski definition) is 3. The minimum absolute atomic E-state index is 0.0779. The SMILES string of the molecule is Cc1ccc(CNC[C@@]2(F)CC[C@@H](C(=O)O)C2)cc1O. The van der Waals surface area contributed by atoms with Crippen LogP contribution in [0.15, 0.2) is 18.2 Å². The Hall–Kier alpha value is -1.62. The molecule has 0 heterocycles. The maximum atomic E-state index is 14.4. The third-order valence-electron chi connectivity index (χ3n) is 3.95. The molecule has 2 rings (SSSR count). The van der Waals surface area contributed by atoms with Gasteiger partial charge in [0.1, 0.15) is 11.4 Å². The van der Waals surface area contributed by atoms with Crippen LogP contribution in [-0.4, -0.2) is 28.4 Å². The Balaban J connectivity index is 1.84. The molecule has 0 aliphatic heterocycles. The van der Waals surface area contributed by atoms with Gasteiger partial charge in [0.15, 0.2) is 0 Å². The second kappa shape index (κ2) is 5.79. The molecule has 4 nitrogen and oxygen atoms in total. The van der Waals surface area contributed by atoms with E-state index in [1.165, 1.54) is 0 Å². The Kier molecular flexibility index (Phi) is 4.28. The lowest BCUT2D eigenvalue weighted by atomic mass is 10.0. The number of benzene rings is 1. The number of carboxylic acid groups (broad SMARTS) is 1. The first-order valence-electron chi connectivity index (χ1n) is 6.80. The van der Waals surface area contributed by atoms with Gasteiger partial charge in [0.05, 0.1) is 5.92 Å². The molecule has 0 bridgehead atoms. The molecule has 20 heavy (non-hydrogen) atoms. The second-order valence-corrected chi connectivity index (χ2v) is 5.65. The highest BCUT2D eigenvalue weighted by molar-refractivity contribution is 5.70. The highest BCUT2D eigenvalue weighted by Crippen LogP contribution is 2.37. The summed E-state index contributed by atoms with van der Waals surface area (Å²) in [5, 5.41) is 21.5. The molecule has 0 unspecified atom stereocenters. The van der Waals surface area contributed by atoms with Gasteiger partial charge in [0.2, 0.25) is 0 Å². The number of aliphatic carboxylic acids is 1. The molecule has 0 radical (unpaired) electrons. The second-order valence-electron chi connectivity index (χ2n) is 5.65. The summed E-state index contributed by atoms with van der Waals surface area (Å²) in [6, 6.07) is 5.34. The van der Waals surface area contributed by atoms with Crippen LogP contribution in [0, 0.1) is 12.8 Å². The number of alkyl halides is 1. The zero-order valence-electron chi connectivity index (χ0n) is 11.5. The van der Waals surface area contributed by atoms with Crippen molar-refractivity contribution < 1.29 is 19.4 Å². The van der Waals surface area contributed by atoms with Crippen LogP contribution in [0.3, 0.4) is 0 Å². The molecule has 1 aliphatic rings. The smallest absolute Gasteiger partial charge is 0.306 e. The molecule has 1 aromatic carbocycles. The van der Waals surface area contributed by atoms with E-state index < -0.39 is 17.6 Å². The van der Waals surface area contributed by atoms with Crippen molar-refractivity contribution in [2.45, 2.75) is 38.4 Å². The average molecular weight is 281 g/mol. The minimum atomic E-state index is -1.43. The van der Waals surface area contributed by atoms with Gasteiger partial charge in [-0.25, -0.2) is 4.39 Å². The van der Waals surface area contributed by atoms with E-state index in [1.54, 1.807) is 6.07 Å². The van der Waals surface area contributed by atoms with Crippen LogP contribution in [0.2, 0.25) is 0 Å². The summed E-state index contributed by atoms with van der Waals surface area (Å²) in [7, 11) is 0. The first kappa shape index (κ1) is 14.8. The predicted molar refractivity (Wildman–Crippen MR) is 73.4 cm³/mol. The van der Waals surface area contributed by atoms with Crippen molar-refractivity contribution in [3.8, 4) is 5.75 Å². The summed E-state index contributed by atoms with van der Waals surface area (Å²) in [6.07, 6.45) is 0.767. The number of phenolic OH excluding ortho intramolecular Hbond substituents is 1. The first-order chi connectivity index (χ1) is 9.39. The standard InChI is InChI=1S/C15H20FNO3/c1-10-2-3-11(6-13(10)18)8-17-9-15(16)5-4-12(7-15)14(19)20/h2-3,6,12,17-18H,4-5,7-9H2,1H3,(H,19,20)/t12-,15-/m1/s1.